The van der Waals surface area contributed by atoms with Crippen LogP contribution in [0.4, 0.5) is 0 Å². The zero-order valence-corrected chi connectivity index (χ0v) is 28.2. The van der Waals surface area contributed by atoms with Crippen LogP contribution in [0.25, 0.3) is 99.5 Å². The maximum atomic E-state index is 5.22. The number of fused-ring (bicyclic) bond motifs is 4. The first-order valence-corrected chi connectivity index (χ1v) is 17.6. The van der Waals surface area contributed by atoms with Crippen molar-refractivity contribution in [1.82, 2.24) is 15.0 Å². The molecule has 0 N–H and O–H groups in total. The predicted molar refractivity (Wildman–Crippen MR) is 217 cm³/mol. The van der Waals surface area contributed by atoms with E-state index in [1.807, 2.05) is 0 Å². The average Bonchev–Trinajstić information content (AvgIpc) is 3.22. The molecule has 242 valence electrons. The van der Waals surface area contributed by atoms with Crippen LogP contribution in [0.5, 0.6) is 0 Å². The molecule has 0 fully saturated rings. The summed E-state index contributed by atoms with van der Waals surface area (Å²) in [5.74, 6) is 1.91. The Bertz CT molecular complexity index is 2980. The Hall–Kier alpha value is -6.97. The number of aromatic nitrogens is 3. The summed E-state index contributed by atoms with van der Waals surface area (Å²) >= 11 is 0. The first-order chi connectivity index (χ1) is 25.7. The topological polar surface area (TPSA) is 38.7 Å². The standard InChI is InChI=1S/C49H31N3/c1-4-13-35-26-39(23-20-32(35)10-1)38-17-9-18-42(29-38)47-50-48(43-25-22-34-12-3-6-15-37(34)28-43)52-49(51-47)44-30-40-16-7-8-19-45(40)46(31-44)41-24-21-33-11-2-5-14-36(33)27-41/h1-31H. The van der Waals surface area contributed by atoms with E-state index in [-0.39, 0.29) is 0 Å². The molecule has 10 rings (SSSR count). The zero-order chi connectivity index (χ0) is 34.4. The molecule has 9 aromatic carbocycles. The predicted octanol–water partition coefficient (Wildman–Crippen LogP) is 12.8. The van der Waals surface area contributed by atoms with Crippen molar-refractivity contribution in [3.05, 3.63) is 188 Å². The fourth-order valence-corrected chi connectivity index (χ4v) is 7.33. The Balaban J connectivity index is 1.17. The van der Waals surface area contributed by atoms with E-state index >= 15 is 0 Å². The van der Waals surface area contributed by atoms with Crippen molar-refractivity contribution in [2.24, 2.45) is 0 Å². The summed E-state index contributed by atoms with van der Waals surface area (Å²) in [6.45, 7) is 0. The van der Waals surface area contributed by atoms with Gasteiger partial charge in [0.1, 0.15) is 0 Å². The van der Waals surface area contributed by atoms with Gasteiger partial charge in [0.15, 0.2) is 17.5 Å². The van der Waals surface area contributed by atoms with Crippen LogP contribution >= 0.6 is 0 Å². The third-order valence-electron chi connectivity index (χ3n) is 10.0. The molecule has 1 heterocycles. The first-order valence-electron chi connectivity index (χ1n) is 17.6. The molecular formula is C49H31N3. The average molecular weight is 662 g/mol. The van der Waals surface area contributed by atoms with Gasteiger partial charge in [-0.05, 0) is 102 Å². The molecule has 3 heteroatoms. The van der Waals surface area contributed by atoms with Crippen molar-refractivity contribution in [3.8, 4) is 56.4 Å². The van der Waals surface area contributed by atoms with Crippen molar-refractivity contribution in [3.63, 3.8) is 0 Å². The van der Waals surface area contributed by atoms with Gasteiger partial charge in [0, 0.05) is 16.7 Å². The Morgan fingerprint density at radius 3 is 1.27 bits per heavy atom. The number of nitrogens with zero attached hydrogens (tertiary/aromatic N) is 3. The molecule has 0 saturated heterocycles. The van der Waals surface area contributed by atoms with Crippen molar-refractivity contribution in [2.45, 2.75) is 0 Å². The third-order valence-corrected chi connectivity index (χ3v) is 10.0. The summed E-state index contributed by atoms with van der Waals surface area (Å²) in [4.78, 5) is 15.6. The Kier molecular flexibility index (Phi) is 7.14. The van der Waals surface area contributed by atoms with Crippen molar-refractivity contribution < 1.29 is 0 Å². The minimum absolute atomic E-state index is 0.635. The summed E-state index contributed by atoms with van der Waals surface area (Å²) in [5, 5.41) is 9.52. The second kappa shape index (κ2) is 12.4. The van der Waals surface area contributed by atoms with Gasteiger partial charge in [0.05, 0.1) is 0 Å². The van der Waals surface area contributed by atoms with Gasteiger partial charge >= 0.3 is 0 Å². The number of benzene rings is 9. The monoisotopic (exact) mass is 661 g/mol. The summed E-state index contributed by atoms with van der Waals surface area (Å²) < 4.78 is 0. The molecule has 1 aromatic heterocycles. The van der Waals surface area contributed by atoms with Crippen LogP contribution in [-0.4, -0.2) is 15.0 Å². The van der Waals surface area contributed by atoms with Crippen LogP contribution in [-0.2, 0) is 0 Å². The molecule has 0 aliphatic carbocycles. The quantitative estimate of drug-likeness (QED) is 0.184. The molecule has 0 bridgehead atoms. The minimum atomic E-state index is 0.635. The Morgan fingerprint density at radius 1 is 0.231 bits per heavy atom. The molecule has 0 amide bonds. The highest BCUT2D eigenvalue weighted by molar-refractivity contribution is 6.01. The van der Waals surface area contributed by atoms with E-state index in [1.54, 1.807) is 0 Å². The van der Waals surface area contributed by atoms with Gasteiger partial charge < -0.3 is 0 Å². The number of rotatable bonds is 5. The molecular weight excluding hydrogens is 631 g/mol. The number of hydrogen-bond acceptors (Lipinski definition) is 3. The van der Waals surface area contributed by atoms with Gasteiger partial charge in [0.25, 0.3) is 0 Å². The second-order valence-electron chi connectivity index (χ2n) is 13.3. The highest BCUT2D eigenvalue weighted by atomic mass is 15.0. The first kappa shape index (κ1) is 29.9. The fourth-order valence-electron chi connectivity index (χ4n) is 7.33. The van der Waals surface area contributed by atoms with E-state index in [2.05, 4.69) is 188 Å². The summed E-state index contributed by atoms with van der Waals surface area (Å²) in [6.07, 6.45) is 0. The molecule has 3 nitrogen and oxygen atoms in total. The lowest BCUT2D eigenvalue weighted by molar-refractivity contribution is 1.08. The zero-order valence-electron chi connectivity index (χ0n) is 28.2. The van der Waals surface area contributed by atoms with E-state index in [4.69, 9.17) is 15.0 Å². The SMILES string of the molecule is c1cc(-c2ccc3ccccc3c2)cc(-c2nc(-c3ccc4ccccc4c3)nc(-c3cc(-c4ccc5ccccc5c4)c4ccccc4c3)n2)c1. The summed E-state index contributed by atoms with van der Waals surface area (Å²) in [7, 11) is 0. The molecule has 52 heavy (non-hydrogen) atoms. The lowest BCUT2D eigenvalue weighted by atomic mass is 9.94. The second-order valence-corrected chi connectivity index (χ2v) is 13.3. The normalized spacial score (nSPS) is 11.5. The summed E-state index contributed by atoms with van der Waals surface area (Å²) in [6, 6.07) is 66.6. The molecule has 0 atom stereocenters. The molecule has 0 aliphatic rings. The van der Waals surface area contributed by atoms with Gasteiger partial charge in [-0.25, -0.2) is 15.0 Å². The van der Waals surface area contributed by atoms with E-state index in [0.29, 0.717) is 17.5 Å². The number of hydrogen-bond donors (Lipinski definition) is 0. The van der Waals surface area contributed by atoms with Crippen molar-refractivity contribution in [1.29, 1.82) is 0 Å². The van der Waals surface area contributed by atoms with Gasteiger partial charge in [0.2, 0.25) is 0 Å². The van der Waals surface area contributed by atoms with Crippen LogP contribution in [0.2, 0.25) is 0 Å². The smallest absolute Gasteiger partial charge is 0.164 e. The van der Waals surface area contributed by atoms with Crippen LogP contribution in [0.1, 0.15) is 0 Å². The van der Waals surface area contributed by atoms with Crippen molar-refractivity contribution in [2.75, 3.05) is 0 Å². The molecule has 10 aromatic rings. The molecule has 0 saturated carbocycles. The largest absolute Gasteiger partial charge is 0.208 e. The van der Waals surface area contributed by atoms with E-state index < -0.39 is 0 Å². The van der Waals surface area contributed by atoms with Gasteiger partial charge in [-0.3, -0.25) is 0 Å². The van der Waals surface area contributed by atoms with Crippen molar-refractivity contribution >= 4 is 43.1 Å². The van der Waals surface area contributed by atoms with Crippen LogP contribution < -0.4 is 0 Å². The molecule has 0 unspecified atom stereocenters. The van der Waals surface area contributed by atoms with E-state index in [1.165, 1.54) is 32.3 Å². The highest BCUT2D eigenvalue weighted by Gasteiger charge is 2.16. The maximum Gasteiger partial charge on any atom is 0.164 e. The Morgan fingerprint density at radius 2 is 0.635 bits per heavy atom. The maximum absolute atomic E-state index is 5.22. The van der Waals surface area contributed by atoms with Crippen LogP contribution in [0.15, 0.2) is 188 Å². The minimum Gasteiger partial charge on any atom is -0.208 e. The van der Waals surface area contributed by atoms with E-state index in [0.717, 1.165) is 49.7 Å². The fraction of sp³-hybridized carbons (Fsp3) is 0. The van der Waals surface area contributed by atoms with Crippen LogP contribution in [0.3, 0.4) is 0 Å². The summed E-state index contributed by atoms with van der Waals surface area (Å²) in [5.41, 5.74) is 7.39. The molecule has 0 aliphatic heterocycles. The lowest BCUT2D eigenvalue weighted by Gasteiger charge is -2.13. The molecule has 0 spiro atoms. The van der Waals surface area contributed by atoms with Crippen LogP contribution in [0, 0.1) is 0 Å². The molecule has 0 radical (unpaired) electrons. The highest BCUT2D eigenvalue weighted by Crippen LogP contribution is 2.36. The lowest BCUT2D eigenvalue weighted by Crippen LogP contribution is -2.01. The van der Waals surface area contributed by atoms with E-state index in [9.17, 15) is 0 Å². The third kappa shape index (κ3) is 5.46. The van der Waals surface area contributed by atoms with Gasteiger partial charge in [-0.1, -0.05) is 152 Å². The van der Waals surface area contributed by atoms with Gasteiger partial charge in [-0.15, -0.1) is 0 Å². The Labute approximate surface area is 301 Å². The van der Waals surface area contributed by atoms with Gasteiger partial charge in [-0.2, -0.15) is 0 Å².